The van der Waals surface area contributed by atoms with Gasteiger partial charge in [0.2, 0.25) is 0 Å². The van der Waals surface area contributed by atoms with E-state index in [1.54, 1.807) is 23.3 Å². The lowest BCUT2D eigenvalue weighted by Gasteiger charge is -2.07. The number of rotatable bonds is 2. The first kappa shape index (κ1) is 10.5. The third-order valence-electron chi connectivity index (χ3n) is 2.61. The summed E-state index contributed by atoms with van der Waals surface area (Å²) < 4.78 is 1.79. The van der Waals surface area contributed by atoms with Gasteiger partial charge in [-0.25, -0.2) is 14.6 Å². The maximum absolute atomic E-state index is 5.84. The molecule has 2 N–H and O–H groups in total. The Bertz CT molecular complexity index is 660. The number of aromatic nitrogens is 4. The molecule has 0 fully saturated rings. The molecule has 0 saturated carbocycles. The van der Waals surface area contributed by atoms with Gasteiger partial charge in [-0.2, -0.15) is 5.10 Å². The third kappa shape index (κ3) is 1.71. The number of hydrogen-bond donors (Lipinski definition) is 1. The van der Waals surface area contributed by atoms with Crippen LogP contribution in [0, 0.1) is 0 Å². The van der Waals surface area contributed by atoms with Crippen molar-refractivity contribution in [1.29, 1.82) is 0 Å². The van der Waals surface area contributed by atoms with Crippen molar-refractivity contribution in [2.24, 2.45) is 0 Å². The van der Waals surface area contributed by atoms with Crippen LogP contribution in [0.2, 0.25) is 0 Å². The van der Waals surface area contributed by atoms with Crippen LogP contribution in [0.1, 0.15) is 0 Å². The molecule has 3 aromatic rings. The van der Waals surface area contributed by atoms with Gasteiger partial charge in [0, 0.05) is 12.4 Å². The Morgan fingerprint density at radius 2 is 1.67 bits per heavy atom. The molecular weight excluding hydrogens is 226 g/mol. The van der Waals surface area contributed by atoms with Crippen molar-refractivity contribution >= 4 is 5.82 Å². The van der Waals surface area contributed by atoms with Crippen molar-refractivity contribution in [2.45, 2.75) is 0 Å². The second kappa shape index (κ2) is 4.29. The highest BCUT2D eigenvalue weighted by molar-refractivity contribution is 5.67. The molecular formula is C13H11N5. The lowest BCUT2D eigenvalue weighted by molar-refractivity contribution is 0.883. The number of nitrogens with zero attached hydrogens (tertiary/aromatic N) is 4. The summed E-state index contributed by atoms with van der Waals surface area (Å²) in [4.78, 5) is 8.30. The summed E-state index contributed by atoms with van der Waals surface area (Å²) in [6, 6.07) is 11.7. The van der Waals surface area contributed by atoms with E-state index < -0.39 is 0 Å². The number of anilines is 1. The van der Waals surface area contributed by atoms with Gasteiger partial charge in [0.25, 0.3) is 0 Å². The first-order chi connectivity index (χ1) is 8.86. The van der Waals surface area contributed by atoms with Crippen molar-refractivity contribution in [3.8, 4) is 17.1 Å². The molecule has 0 atom stereocenters. The van der Waals surface area contributed by atoms with Gasteiger partial charge in [-0.3, -0.25) is 0 Å². The Hall–Kier alpha value is -2.69. The molecule has 88 valence electrons. The van der Waals surface area contributed by atoms with E-state index in [9.17, 15) is 0 Å². The van der Waals surface area contributed by atoms with E-state index in [2.05, 4.69) is 15.1 Å². The molecule has 0 aliphatic carbocycles. The zero-order valence-electron chi connectivity index (χ0n) is 9.56. The normalized spacial score (nSPS) is 10.4. The second-order valence-corrected chi connectivity index (χ2v) is 3.75. The molecule has 2 heterocycles. The number of para-hydroxylation sites is 1. The number of benzene rings is 1. The van der Waals surface area contributed by atoms with E-state index in [1.165, 1.54) is 0 Å². The zero-order chi connectivity index (χ0) is 12.4. The van der Waals surface area contributed by atoms with Gasteiger partial charge in [0.05, 0.1) is 17.6 Å². The molecule has 0 radical (unpaired) electrons. The second-order valence-electron chi connectivity index (χ2n) is 3.75. The first-order valence-electron chi connectivity index (χ1n) is 5.52. The van der Waals surface area contributed by atoms with Crippen molar-refractivity contribution in [2.75, 3.05) is 5.73 Å². The molecule has 2 aromatic heterocycles. The molecule has 0 saturated heterocycles. The maximum atomic E-state index is 5.84. The third-order valence-corrected chi connectivity index (χ3v) is 2.61. The highest BCUT2D eigenvalue weighted by atomic mass is 15.3. The SMILES string of the molecule is Nc1nccnc1-c1ccnn1-c1ccccc1. The molecule has 0 aliphatic rings. The van der Waals surface area contributed by atoms with Crippen LogP contribution in [0.15, 0.2) is 55.0 Å². The Labute approximate surface area is 104 Å². The summed E-state index contributed by atoms with van der Waals surface area (Å²) >= 11 is 0. The summed E-state index contributed by atoms with van der Waals surface area (Å²) in [6.07, 6.45) is 4.91. The van der Waals surface area contributed by atoms with Gasteiger partial charge >= 0.3 is 0 Å². The molecule has 18 heavy (non-hydrogen) atoms. The molecule has 0 bridgehead atoms. The Kier molecular flexibility index (Phi) is 2.49. The Morgan fingerprint density at radius 1 is 0.889 bits per heavy atom. The molecule has 5 nitrogen and oxygen atoms in total. The van der Waals surface area contributed by atoms with Crippen molar-refractivity contribution < 1.29 is 0 Å². The summed E-state index contributed by atoms with van der Waals surface area (Å²) in [6.45, 7) is 0. The molecule has 0 spiro atoms. The van der Waals surface area contributed by atoms with E-state index in [1.807, 2.05) is 36.4 Å². The lowest BCUT2D eigenvalue weighted by atomic mass is 10.2. The predicted octanol–water partition coefficient (Wildman–Crippen LogP) is 1.91. The molecule has 3 rings (SSSR count). The number of nitrogen functional groups attached to an aromatic ring is 1. The summed E-state index contributed by atoms with van der Waals surface area (Å²) in [7, 11) is 0. The first-order valence-corrected chi connectivity index (χ1v) is 5.52. The van der Waals surface area contributed by atoms with E-state index in [0.717, 1.165) is 11.4 Å². The maximum Gasteiger partial charge on any atom is 0.151 e. The van der Waals surface area contributed by atoms with Crippen molar-refractivity contribution in [1.82, 2.24) is 19.7 Å². The van der Waals surface area contributed by atoms with Gasteiger partial charge in [-0.1, -0.05) is 18.2 Å². The monoisotopic (exact) mass is 237 g/mol. The fraction of sp³-hybridized carbons (Fsp3) is 0. The molecule has 0 unspecified atom stereocenters. The van der Waals surface area contributed by atoms with Crippen LogP contribution >= 0.6 is 0 Å². The van der Waals surface area contributed by atoms with Crippen LogP contribution in [0.25, 0.3) is 17.1 Å². The van der Waals surface area contributed by atoms with E-state index >= 15 is 0 Å². The highest BCUT2D eigenvalue weighted by Gasteiger charge is 2.11. The summed E-state index contributed by atoms with van der Waals surface area (Å²) in [5.74, 6) is 0.398. The van der Waals surface area contributed by atoms with Gasteiger partial charge in [0.1, 0.15) is 5.69 Å². The lowest BCUT2D eigenvalue weighted by Crippen LogP contribution is -2.03. The number of hydrogen-bond acceptors (Lipinski definition) is 4. The van der Waals surface area contributed by atoms with E-state index in [4.69, 9.17) is 5.73 Å². The van der Waals surface area contributed by atoms with Crippen LogP contribution in [0.4, 0.5) is 5.82 Å². The largest absolute Gasteiger partial charge is 0.382 e. The molecule has 0 amide bonds. The van der Waals surface area contributed by atoms with Crippen LogP contribution in [-0.4, -0.2) is 19.7 Å². The predicted molar refractivity (Wildman–Crippen MR) is 69.0 cm³/mol. The van der Waals surface area contributed by atoms with E-state index in [-0.39, 0.29) is 0 Å². The van der Waals surface area contributed by atoms with Crippen molar-refractivity contribution in [3.05, 3.63) is 55.0 Å². The minimum atomic E-state index is 0.398. The fourth-order valence-corrected chi connectivity index (χ4v) is 1.80. The number of nitrogens with two attached hydrogens (primary N) is 1. The van der Waals surface area contributed by atoms with Crippen molar-refractivity contribution in [3.63, 3.8) is 0 Å². The van der Waals surface area contributed by atoms with Crippen LogP contribution in [0.3, 0.4) is 0 Å². The van der Waals surface area contributed by atoms with Crippen LogP contribution in [0.5, 0.6) is 0 Å². The highest BCUT2D eigenvalue weighted by Crippen LogP contribution is 2.23. The van der Waals surface area contributed by atoms with E-state index in [0.29, 0.717) is 11.5 Å². The standard InChI is InChI=1S/C13H11N5/c14-13-12(15-8-9-16-13)11-6-7-17-18(11)10-4-2-1-3-5-10/h1-9H,(H2,14,16). The molecule has 0 aliphatic heterocycles. The summed E-state index contributed by atoms with van der Waals surface area (Å²) in [5.41, 5.74) is 8.27. The summed E-state index contributed by atoms with van der Waals surface area (Å²) in [5, 5.41) is 4.30. The average Bonchev–Trinajstić information content (AvgIpc) is 2.89. The van der Waals surface area contributed by atoms with Gasteiger partial charge in [0.15, 0.2) is 5.82 Å². The average molecular weight is 237 g/mol. The Morgan fingerprint density at radius 3 is 2.44 bits per heavy atom. The van der Waals surface area contributed by atoms with Gasteiger partial charge < -0.3 is 5.73 Å². The minimum Gasteiger partial charge on any atom is -0.382 e. The van der Waals surface area contributed by atoms with Gasteiger partial charge in [-0.05, 0) is 18.2 Å². The smallest absolute Gasteiger partial charge is 0.151 e. The zero-order valence-corrected chi connectivity index (χ0v) is 9.56. The fourth-order valence-electron chi connectivity index (χ4n) is 1.80. The molecule has 5 heteroatoms. The molecule has 1 aromatic carbocycles. The quantitative estimate of drug-likeness (QED) is 0.739. The van der Waals surface area contributed by atoms with Crippen LogP contribution in [-0.2, 0) is 0 Å². The minimum absolute atomic E-state index is 0.398. The van der Waals surface area contributed by atoms with Gasteiger partial charge in [-0.15, -0.1) is 0 Å². The Balaban J connectivity index is 2.16. The van der Waals surface area contributed by atoms with Crippen LogP contribution < -0.4 is 5.73 Å². The topological polar surface area (TPSA) is 69.6 Å².